The number of halogens is 2. The van der Waals surface area contributed by atoms with E-state index in [-0.39, 0.29) is 0 Å². The van der Waals surface area contributed by atoms with Crippen molar-refractivity contribution < 1.29 is 0 Å². The Morgan fingerprint density at radius 1 is 1.56 bits per heavy atom. The lowest BCUT2D eigenvalue weighted by Crippen LogP contribution is -2.02. The van der Waals surface area contributed by atoms with Gasteiger partial charge in [-0.25, -0.2) is 9.97 Å². The number of hydrogen-bond donors (Lipinski definition) is 1. The molecule has 2 aromatic heterocycles. The molecule has 0 spiro atoms. The molecule has 0 aliphatic heterocycles. The second kappa shape index (κ2) is 5.12. The highest BCUT2D eigenvalue weighted by Gasteiger charge is 2.03. The minimum Gasteiger partial charge on any atom is -0.363 e. The third kappa shape index (κ3) is 2.93. The maximum atomic E-state index is 5.81. The van der Waals surface area contributed by atoms with Gasteiger partial charge in [0.25, 0.3) is 0 Å². The van der Waals surface area contributed by atoms with Gasteiger partial charge in [-0.1, -0.05) is 11.6 Å². The minimum atomic E-state index is 0.613. The van der Waals surface area contributed by atoms with Crippen LogP contribution >= 0.6 is 38.9 Å². The molecule has 84 valence electrons. The molecule has 0 aromatic carbocycles. The lowest BCUT2D eigenvalue weighted by molar-refractivity contribution is 1.03. The van der Waals surface area contributed by atoms with Crippen LogP contribution in [0.2, 0.25) is 5.02 Å². The van der Waals surface area contributed by atoms with E-state index in [9.17, 15) is 0 Å². The number of hydrogen-bond acceptors (Lipinski definition) is 4. The van der Waals surface area contributed by atoms with Gasteiger partial charge in [-0.3, -0.25) is 0 Å². The highest BCUT2D eigenvalue weighted by Crippen LogP contribution is 2.23. The summed E-state index contributed by atoms with van der Waals surface area (Å²) in [4.78, 5) is 8.55. The maximum Gasteiger partial charge on any atom is 0.140 e. The smallest absolute Gasteiger partial charge is 0.140 e. The van der Waals surface area contributed by atoms with Gasteiger partial charge in [-0.15, -0.1) is 11.3 Å². The molecule has 0 atom stereocenters. The van der Waals surface area contributed by atoms with Gasteiger partial charge in [-0.05, 0) is 28.9 Å². The van der Waals surface area contributed by atoms with E-state index in [0.29, 0.717) is 11.6 Å². The number of nitrogens with zero attached hydrogens (tertiary/aromatic N) is 2. The van der Waals surface area contributed by atoms with Gasteiger partial charge in [0, 0.05) is 11.6 Å². The Labute approximate surface area is 111 Å². The van der Waals surface area contributed by atoms with Crippen LogP contribution in [0.3, 0.4) is 0 Å². The normalized spacial score (nSPS) is 10.4. The summed E-state index contributed by atoms with van der Waals surface area (Å²) in [5.74, 6) is 0.773. The van der Waals surface area contributed by atoms with Gasteiger partial charge in [-0.2, -0.15) is 0 Å². The van der Waals surface area contributed by atoms with E-state index in [1.54, 1.807) is 17.5 Å². The van der Waals surface area contributed by atoms with E-state index in [1.807, 2.05) is 18.4 Å². The molecule has 2 aromatic rings. The van der Waals surface area contributed by atoms with Crippen LogP contribution in [0, 0.1) is 6.92 Å². The second-order valence-corrected chi connectivity index (χ2v) is 5.55. The molecule has 0 radical (unpaired) electrons. The fourth-order valence-electron chi connectivity index (χ4n) is 1.21. The lowest BCUT2D eigenvalue weighted by atomic mass is 10.4. The quantitative estimate of drug-likeness (QED) is 0.933. The molecule has 0 saturated heterocycles. The molecule has 0 unspecified atom stereocenters. The highest BCUT2D eigenvalue weighted by molar-refractivity contribution is 9.10. The van der Waals surface area contributed by atoms with Gasteiger partial charge >= 0.3 is 0 Å². The molecule has 0 bridgehead atoms. The Balaban J connectivity index is 2.04. The summed E-state index contributed by atoms with van der Waals surface area (Å²) in [6.07, 6.45) is 1.61. The van der Waals surface area contributed by atoms with Crippen LogP contribution in [0.25, 0.3) is 0 Å². The van der Waals surface area contributed by atoms with Crippen LogP contribution in [0.5, 0.6) is 0 Å². The standard InChI is InChI=1S/C10H9BrClN3S/c1-6-15-8(5-16-6)4-14-10-9(11)2-7(12)3-13-10/h2-3,5H,4H2,1H3,(H,13,14). The van der Waals surface area contributed by atoms with Gasteiger partial charge in [0.2, 0.25) is 0 Å². The first-order valence-corrected chi connectivity index (χ1v) is 6.66. The zero-order chi connectivity index (χ0) is 11.5. The van der Waals surface area contributed by atoms with Crippen LogP contribution in [-0.2, 0) is 6.54 Å². The minimum absolute atomic E-state index is 0.613. The van der Waals surface area contributed by atoms with E-state index in [0.717, 1.165) is 21.0 Å². The third-order valence-corrected chi connectivity index (χ3v) is 3.54. The van der Waals surface area contributed by atoms with E-state index in [2.05, 4.69) is 31.2 Å². The summed E-state index contributed by atoms with van der Waals surface area (Å²) in [7, 11) is 0. The molecule has 0 saturated carbocycles. The maximum absolute atomic E-state index is 5.81. The zero-order valence-electron chi connectivity index (χ0n) is 8.50. The zero-order valence-corrected chi connectivity index (χ0v) is 11.7. The first-order chi connectivity index (χ1) is 7.65. The fraction of sp³-hybridized carbons (Fsp3) is 0.200. The number of anilines is 1. The van der Waals surface area contributed by atoms with Crippen molar-refractivity contribution in [1.29, 1.82) is 0 Å². The Kier molecular flexibility index (Phi) is 3.78. The average Bonchev–Trinajstić information content (AvgIpc) is 2.63. The number of nitrogens with one attached hydrogen (secondary N) is 1. The monoisotopic (exact) mass is 317 g/mol. The Hall–Kier alpha value is -0.650. The van der Waals surface area contributed by atoms with E-state index < -0.39 is 0 Å². The first-order valence-electron chi connectivity index (χ1n) is 4.61. The summed E-state index contributed by atoms with van der Waals surface area (Å²) in [6, 6.07) is 1.81. The summed E-state index contributed by atoms with van der Waals surface area (Å²) < 4.78 is 0.854. The van der Waals surface area contributed by atoms with Crippen molar-refractivity contribution in [2.45, 2.75) is 13.5 Å². The number of thiazole rings is 1. The van der Waals surface area contributed by atoms with Gasteiger partial charge in [0.05, 0.1) is 26.7 Å². The first kappa shape index (κ1) is 11.8. The number of pyridine rings is 1. The van der Waals surface area contributed by atoms with Crippen molar-refractivity contribution >= 4 is 44.7 Å². The Morgan fingerprint density at radius 3 is 3.00 bits per heavy atom. The van der Waals surface area contributed by atoms with Crippen molar-refractivity contribution in [1.82, 2.24) is 9.97 Å². The van der Waals surface area contributed by atoms with Gasteiger partial charge in [0.15, 0.2) is 0 Å². The van der Waals surface area contributed by atoms with Crippen LogP contribution in [-0.4, -0.2) is 9.97 Å². The molecule has 3 nitrogen and oxygen atoms in total. The average molecular weight is 319 g/mol. The highest BCUT2D eigenvalue weighted by atomic mass is 79.9. The van der Waals surface area contributed by atoms with Crippen molar-refractivity contribution in [3.8, 4) is 0 Å². The molecular weight excluding hydrogens is 310 g/mol. The molecule has 2 heterocycles. The summed E-state index contributed by atoms with van der Waals surface area (Å²) >= 11 is 10.8. The third-order valence-electron chi connectivity index (χ3n) is 1.91. The molecule has 0 fully saturated rings. The predicted molar refractivity (Wildman–Crippen MR) is 71.1 cm³/mol. The molecule has 1 N–H and O–H groups in total. The molecular formula is C10H9BrClN3S. The van der Waals surface area contributed by atoms with Crippen LogP contribution < -0.4 is 5.32 Å². The molecule has 0 aliphatic carbocycles. The van der Waals surface area contributed by atoms with E-state index >= 15 is 0 Å². The Bertz CT molecular complexity index is 501. The number of aryl methyl sites for hydroxylation is 1. The van der Waals surface area contributed by atoms with Crippen LogP contribution in [0.4, 0.5) is 5.82 Å². The topological polar surface area (TPSA) is 37.8 Å². The van der Waals surface area contributed by atoms with Gasteiger partial charge < -0.3 is 5.32 Å². The van der Waals surface area contributed by atoms with Crippen molar-refractivity contribution in [3.63, 3.8) is 0 Å². The van der Waals surface area contributed by atoms with Crippen molar-refractivity contribution in [3.05, 3.63) is 37.8 Å². The summed E-state index contributed by atoms with van der Waals surface area (Å²) in [6.45, 7) is 2.65. The number of rotatable bonds is 3. The molecule has 0 amide bonds. The second-order valence-electron chi connectivity index (χ2n) is 3.20. The predicted octanol–water partition coefficient (Wildman–Crippen LogP) is 3.87. The molecule has 6 heteroatoms. The molecule has 16 heavy (non-hydrogen) atoms. The SMILES string of the molecule is Cc1nc(CNc2ncc(Cl)cc2Br)cs1. The number of aromatic nitrogens is 2. The van der Waals surface area contributed by atoms with Crippen LogP contribution in [0.15, 0.2) is 22.1 Å². The van der Waals surface area contributed by atoms with Crippen molar-refractivity contribution in [2.75, 3.05) is 5.32 Å². The molecule has 2 rings (SSSR count). The summed E-state index contributed by atoms with van der Waals surface area (Å²) in [5, 5.41) is 6.91. The van der Waals surface area contributed by atoms with Crippen LogP contribution in [0.1, 0.15) is 10.7 Å². The largest absolute Gasteiger partial charge is 0.363 e. The lowest BCUT2D eigenvalue weighted by Gasteiger charge is -2.05. The van der Waals surface area contributed by atoms with E-state index in [4.69, 9.17) is 11.6 Å². The molecule has 0 aliphatic rings. The fourth-order valence-corrected chi connectivity index (χ4v) is 2.60. The van der Waals surface area contributed by atoms with E-state index in [1.165, 1.54) is 0 Å². The van der Waals surface area contributed by atoms with Gasteiger partial charge in [0.1, 0.15) is 5.82 Å². The van der Waals surface area contributed by atoms with Crippen molar-refractivity contribution in [2.24, 2.45) is 0 Å². The Morgan fingerprint density at radius 2 is 2.38 bits per heavy atom. The summed E-state index contributed by atoms with van der Waals surface area (Å²) in [5.41, 5.74) is 1.02.